The van der Waals surface area contributed by atoms with E-state index < -0.39 is 16.1 Å². The first-order chi connectivity index (χ1) is 15.8. The lowest BCUT2D eigenvalue weighted by atomic mass is 9.76. The van der Waals surface area contributed by atoms with Crippen LogP contribution >= 0.6 is 11.6 Å². The number of non-ortho nitro benzene ring substituents is 1. The first kappa shape index (κ1) is 21.6. The molecule has 0 aromatic heterocycles. The molecule has 2 aromatic rings. The minimum atomic E-state index is -0.848. The molecule has 170 valence electrons. The third-order valence-electron chi connectivity index (χ3n) is 6.88. The van der Waals surface area contributed by atoms with Crippen molar-refractivity contribution in [3.05, 3.63) is 87.5 Å². The summed E-state index contributed by atoms with van der Waals surface area (Å²) in [6.07, 6.45) is 11.0. The maximum Gasteiger partial charge on any atom is 0.274 e. The van der Waals surface area contributed by atoms with Crippen LogP contribution in [0.1, 0.15) is 31.4 Å². The molecule has 1 spiro atoms. The Hall–Kier alpha value is -3.25. The van der Waals surface area contributed by atoms with Crippen LogP contribution < -0.4 is 14.4 Å². The van der Waals surface area contributed by atoms with E-state index in [-0.39, 0.29) is 11.1 Å². The van der Waals surface area contributed by atoms with Gasteiger partial charge in [0.25, 0.3) is 5.69 Å². The number of allylic oxidation sites excluding steroid dienone is 2. The molecular formula is C26H25ClN2O4. The smallest absolute Gasteiger partial charge is 0.274 e. The Morgan fingerprint density at radius 1 is 1.27 bits per heavy atom. The fourth-order valence-corrected chi connectivity index (χ4v) is 5.22. The molecule has 1 aliphatic carbocycles. The van der Waals surface area contributed by atoms with Crippen molar-refractivity contribution in [1.29, 1.82) is 0 Å². The van der Waals surface area contributed by atoms with Crippen LogP contribution in [0.2, 0.25) is 0 Å². The molecule has 3 aliphatic rings. The first-order valence-corrected chi connectivity index (χ1v) is 11.3. The van der Waals surface area contributed by atoms with E-state index in [1.165, 1.54) is 24.8 Å². The van der Waals surface area contributed by atoms with Crippen LogP contribution in [0.4, 0.5) is 11.4 Å². The number of methoxy groups -OCH3 is 1. The number of anilines is 1. The second-order valence-electron chi connectivity index (χ2n) is 9.07. The van der Waals surface area contributed by atoms with Crippen LogP contribution in [-0.4, -0.2) is 29.7 Å². The number of ether oxygens (including phenoxy) is 2. The van der Waals surface area contributed by atoms with E-state index in [4.69, 9.17) is 21.1 Å². The summed E-state index contributed by atoms with van der Waals surface area (Å²) in [5.41, 5.74) is 2.76. The van der Waals surface area contributed by atoms with Gasteiger partial charge in [-0.25, -0.2) is 0 Å². The predicted molar refractivity (Wildman–Crippen MR) is 130 cm³/mol. The Morgan fingerprint density at radius 3 is 2.76 bits per heavy atom. The second kappa shape index (κ2) is 7.66. The number of hydrogen-bond acceptors (Lipinski definition) is 5. The summed E-state index contributed by atoms with van der Waals surface area (Å²) >= 11 is 6.25. The zero-order valence-electron chi connectivity index (χ0n) is 18.7. The zero-order valence-corrected chi connectivity index (χ0v) is 19.5. The lowest BCUT2D eigenvalue weighted by molar-refractivity contribution is -0.385. The van der Waals surface area contributed by atoms with Crippen molar-refractivity contribution in [1.82, 2.24) is 0 Å². The average molecular weight is 465 g/mol. The molecule has 0 saturated heterocycles. The van der Waals surface area contributed by atoms with E-state index >= 15 is 0 Å². The maximum absolute atomic E-state index is 11.4. The van der Waals surface area contributed by atoms with Crippen molar-refractivity contribution in [3.8, 4) is 11.5 Å². The molecule has 0 fully saturated rings. The van der Waals surface area contributed by atoms with Crippen molar-refractivity contribution in [2.45, 2.75) is 36.8 Å². The number of para-hydroxylation sites is 1. The fourth-order valence-electron chi connectivity index (χ4n) is 5.06. The molecule has 2 aromatic carbocycles. The summed E-state index contributed by atoms with van der Waals surface area (Å²) in [6, 6.07) is 11.3. The van der Waals surface area contributed by atoms with Gasteiger partial charge in [-0.3, -0.25) is 10.1 Å². The molecule has 6 nitrogen and oxygen atoms in total. The quantitative estimate of drug-likeness (QED) is 0.315. The Morgan fingerprint density at radius 2 is 2.06 bits per heavy atom. The summed E-state index contributed by atoms with van der Waals surface area (Å²) in [7, 11) is 1.50. The lowest BCUT2D eigenvalue weighted by Gasteiger charge is -2.47. The highest BCUT2D eigenvalue weighted by Gasteiger charge is 2.59. The topological polar surface area (TPSA) is 64.8 Å². The molecule has 0 bridgehead atoms. The summed E-state index contributed by atoms with van der Waals surface area (Å²) in [5, 5.41) is 11.4. The molecule has 5 rings (SSSR count). The van der Waals surface area contributed by atoms with Crippen LogP contribution in [0.15, 0.2) is 66.3 Å². The van der Waals surface area contributed by atoms with E-state index in [0.29, 0.717) is 23.6 Å². The molecule has 0 N–H and O–H groups in total. The Kier molecular flexibility index (Phi) is 5.01. The number of nitro benzene ring substituents is 1. The van der Waals surface area contributed by atoms with Crippen LogP contribution in [-0.2, 0) is 5.41 Å². The molecule has 0 amide bonds. The molecule has 2 unspecified atom stereocenters. The van der Waals surface area contributed by atoms with Crippen molar-refractivity contribution in [2.75, 3.05) is 18.6 Å². The van der Waals surface area contributed by atoms with Crippen molar-refractivity contribution in [3.63, 3.8) is 0 Å². The number of hydrogen-bond donors (Lipinski definition) is 0. The molecule has 7 heteroatoms. The Labute approximate surface area is 197 Å². The van der Waals surface area contributed by atoms with Gasteiger partial charge >= 0.3 is 0 Å². The molecule has 2 aliphatic heterocycles. The van der Waals surface area contributed by atoms with Gasteiger partial charge in [-0.05, 0) is 49.6 Å². The number of fused-ring (bicyclic) bond motifs is 2. The summed E-state index contributed by atoms with van der Waals surface area (Å²) in [5.74, 6) is 0.849. The number of rotatable bonds is 4. The zero-order chi connectivity index (χ0) is 23.4. The van der Waals surface area contributed by atoms with E-state index in [1.807, 2.05) is 30.4 Å². The minimum Gasteiger partial charge on any atom is -0.493 e. The highest BCUT2D eigenvalue weighted by atomic mass is 35.5. The fraction of sp³-hybridized carbons (Fsp3) is 0.308. The first-order valence-electron chi connectivity index (χ1n) is 10.9. The number of nitro groups is 1. The van der Waals surface area contributed by atoms with Crippen molar-refractivity contribution < 1.29 is 14.4 Å². The number of nitrogens with zero attached hydrogens (tertiary/aromatic N) is 2. The van der Waals surface area contributed by atoms with E-state index in [1.54, 1.807) is 0 Å². The van der Waals surface area contributed by atoms with Gasteiger partial charge in [0.1, 0.15) is 0 Å². The lowest BCUT2D eigenvalue weighted by Crippen LogP contribution is -2.60. The predicted octanol–water partition coefficient (Wildman–Crippen LogP) is 6.00. The van der Waals surface area contributed by atoms with Crippen molar-refractivity contribution >= 4 is 29.1 Å². The van der Waals surface area contributed by atoms with Crippen LogP contribution in [0.3, 0.4) is 0 Å². The molecule has 33 heavy (non-hydrogen) atoms. The molecule has 0 saturated carbocycles. The van der Waals surface area contributed by atoms with Crippen LogP contribution in [0, 0.1) is 10.1 Å². The van der Waals surface area contributed by atoms with Gasteiger partial charge in [0.15, 0.2) is 11.5 Å². The van der Waals surface area contributed by atoms with E-state index in [0.717, 1.165) is 17.7 Å². The normalized spacial score (nSPS) is 24.2. The second-order valence-corrected chi connectivity index (χ2v) is 9.63. The van der Waals surface area contributed by atoms with Crippen LogP contribution in [0.25, 0.3) is 6.08 Å². The molecule has 2 heterocycles. The molecular weight excluding hydrogens is 440 g/mol. The Balaban J connectivity index is 1.65. The van der Waals surface area contributed by atoms with Gasteiger partial charge in [0.05, 0.1) is 28.9 Å². The minimum absolute atomic E-state index is 0.0165. The van der Waals surface area contributed by atoms with E-state index in [9.17, 15) is 10.1 Å². The van der Waals surface area contributed by atoms with Gasteiger partial charge in [-0.15, -0.1) is 11.6 Å². The van der Waals surface area contributed by atoms with Gasteiger partial charge in [0.2, 0.25) is 5.72 Å². The van der Waals surface area contributed by atoms with Gasteiger partial charge in [-0.1, -0.05) is 36.4 Å². The third kappa shape index (κ3) is 3.23. The standard InChI is InChI=1S/C26H25ClN2O4/c1-25(2)21-6-4-5-7-22(21)28(16-17-8-10-19(27)11-9-17)26(25)13-12-18-14-20(29(30)31)15-23(32-3)24(18)33-26/h4-10,12-15,19H,11,16H2,1-3H3. The molecule has 0 radical (unpaired) electrons. The summed E-state index contributed by atoms with van der Waals surface area (Å²) in [6.45, 7) is 4.97. The number of alkyl halides is 1. The summed E-state index contributed by atoms with van der Waals surface area (Å²) in [4.78, 5) is 13.3. The van der Waals surface area contributed by atoms with E-state index in [2.05, 4.69) is 43.0 Å². The number of halogens is 1. The van der Waals surface area contributed by atoms with Gasteiger partial charge in [0, 0.05) is 23.9 Å². The molecule has 2 atom stereocenters. The van der Waals surface area contributed by atoms with Gasteiger partial charge < -0.3 is 14.4 Å². The van der Waals surface area contributed by atoms with Crippen molar-refractivity contribution in [2.24, 2.45) is 0 Å². The SMILES string of the molecule is COc1cc([N+](=O)[O-])cc2c1OC1(C=C2)N(CC2=CCC(Cl)C=C2)c2ccccc2C1(C)C. The average Bonchev–Trinajstić information content (AvgIpc) is 2.98. The van der Waals surface area contributed by atoms with Gasteiger partial charge in [-0.2, -0.15) is 0 Å². The largest absolute Gasteiger partial charge is 0.493 e. The maximum atomic E-state index is 11.4. The highest BCUT2D eigenvalue weighted by Crippen LogP contribution is 2.56. The van der Waals surface area contributed by atoms with Crippen LogP contribution in [0.5, 0.6) is 11.5 Å². The Bertz CT molecular complexity index is 1230. The number of benzene rings is 2. The highest BCUT2D eigenvalue weighted by molar-refractivity contribution is 6.22. The summed E-state index contributed by atoms with van der Waals surface area (Å²) < 4.78 is 12.4. The monoisotopic (exact) mass is 464 g/mol. The third-order valence-corrected chi connectivity index (χ3v) is 7.20.